The van der Waals surface area contributed by atoms with Crippen molar-refractivity contribution in [1.29, 1.82) is 0 Å². The molecule has 0 aliphatic heterocycles. The van der Waals surface area contributed by atoms with Crippen molar-refractivity contribution in [2.75, 3.05) is 12.4 Å². The van der Waals surface area contributed by atoms with Gasteiger partial charge in [0, 0.05) is 30.9 Å². The fourth-order valence-electron chi connectivity index (χ4n) is 4.13. The fourth-order valence-corrected chi connectivity index (χ4v) is 4.13. The summed E-state index contributed by atoms with van der Waals surface area (Å²) in [5, 5.41) is 6.80. The average Bonchev–Trinajstić information content (AvgIpc) is 3.61. The minimum atomic E-state index is 0.141. The lowest BCUT2D eigenvalue weighted by atomic mass is 9.95. The van der Waals surface area contributed by atoms with E-state index in [0.29, 0.717) is 6.04 Å². The van der Waals surface area contributed by atoms with Crippen LogP contribution in [-0.4, -0.2) is 23.6 Å². The van der Waals surface area contributed by atoms with E-state index < -0.39 is 0 Å². The van der Waals surface area contributed by atoms with Crippen LogP contribution in [0.3, 0.4) is 0 Å². The van der Waals surface area contributed by atoms with Crippen molar-refractivity contribution >= 4 is 23.5 Å². The standard InChI is InChI=1S/C25H32N4O/c1-18-7-6-16-29(24(18)26-2)23(27-21-8-4-3-5-9-21)17-19-10-14-22(15-11-19)28-25(30)20-12-13-20/h6-7,10-11,14-17,20-21,27H,3-5,8-9,12-13H2,1-2H3,(H,28,30)/b23-17+,26-24?. The third-order valence-electron chi connectivity index (χ3n) is 6.02. The number of anilines is 1. The quantitative estimate of drug-likeness (QED) is 0.742. The molecule has 158 valence electrons. The molecule has 1 amide bonds. The van der Waals surface area contributed by atoms with Gasteiger partial charge in [0.1, 0.15) is 11.3 Å². The zero-order valence-electron chi connectivity index (χ0n) is 18.0. The second-order valence-electron chi connectivity index (χ2n) is 8.50. The van der Waals surface area contributed by atoms with E-state index in [-0.39, 0.29) is 11.8 Å². The summed E-state index contributed by atoms with van der Waals surface area (Å²) < 4.78 is 2.15. The van der Waals surface area contributed by atoms with Crippen molar-refractivity contribution in [3.63, 3.8) is 0 Å². The van der Waals surface area contributed by atoms with Crippen LogP contribution in [0.15, 0.2) is 47.6 Å². The number of aryl methyl sites for hydroxylation is 1. The normalized spacial score (nSPS) is 18.3. The summed E-state index contributed by atoms with van der Waals surface area (Å²) in [5.74, 6) is 1.40. The van der Waals surface area contributed by atoms with E-state index in [9.17, 15) is 4.79 Å². The highest BCUT2D eigenvalue weighted by molar-refractivity contribution is 5.94. The van der Waals surface area contributed by atoms with Crippen molar-refractivity contribution in [3.8, 4) is 0 Å². The van der Waals surface area contributed by atoms with E-state index in [4.69, 9.17) is 0 Å². The largest absolute Gasteiger partial charge is 0.368 e. The third-order valence-corrected chi connectivity index (χ3v) is 6.02. The van der Waals surface area contributed by atoms with Crippen LogP contribution in [0.4, 0.5) is 5.69 Å². The Morgan fingerprint density at radius 3 is 2.47 bits per heavy atom. The van der Waals surface area contributed by atoms with Crippen LogP contribution in [0.25, 0.3) is 11.9 Å². The molecule has 2 saturated carbocycles. The summed E-state index contributed by atoms with van der Waals surface area (Å²) >= 11 is 0. The number of benzene rings is 1. The summed E-state index contributed by atoms with van der Waals surface area (Å²) in [6.45, 7) is 2.09. The number of rotatable bonds is 6. The van der Waals surface area contributed by atoms with Crippen LogP contribution in [0, 0.1) is 12.8 Å². The summed E-state index contributed by atoms with van der Waals surface area (Å²) in [5.41, 5.74) is 4.06. The Morgan fingerprint density at radius 2 is 1.80 bits per heavy atom. The van der Waals surface area contributed by atoms with Gasteiger partial charge in [0.2, 0.25) is 5.91 Å². The molecular weight excluding hydrogens is 372 g/mol. The number of carbonyl (C=O) groups is 1. The van der Waals surface area contributed by atoms with Crippen molar-refractivity contribution < 1.29 is 4.79 Å². The maximum Gasteiger partial charge on any atom is 0.227 e. The predicted molar refractivity (Wildman–Crippen MR) is 123 cm³/mol. The summed E-state index contributed by atoms with van der Waals surface area (Å²) in [4.78, 5) is 16.5. The van der Waals surface area contributed by atoms with Crippen LogP contribution < -0.4 is 16.1 Å². The molecule has 0 unspecified atom stereocenters. The molecule has 1 aromatic carbocycles. The number of aromatic nitrogens is 1. The molecular formula is C25H32N4O. The summed E-state index contributed by atoms with van der Waals surface area (Å²) in [7, 11) is 1.84. The first-order valence-electron chi connectivity index (χ1n) is 11.1. The first-order chi connectivity index (χ1) is 14.6. The van der Waals surface area contributed by atoms with Crippen molar-refractivity contribution in [2.45, 2.75) is 57.9 Å². The van der Waals surface area contributed by atoms with Gasteiger partial charge < -0.3 is 10.6 Å². The van der Waals surface area contributed by atoms with Crippen LogP contribution >= 0.6 is 0 Å². The average molecular weight is 405 g/mol. The van der Waals surface area contributed by atoms with Crippen LogP contribution in [-0.2, 0) is 4.79 Å². The highest BCUT2D eigenvalue weighted by atomic mass is 16.2. The minimum absolute atomic E-state index is 0.141. The second kappa shape index (κ2) is 9.33. The van der Waals surface area contributed by atoms with Gasteiger partial charge in [-0.1, -0.05) is 37.5 Å². The Morgan fingerprint density at radius 1 is 1.07 bits per heavy atom. The number of nitrogens with one attached hydrogen (secondary N) is 2. The number of hydrogen-bond acceptors (Lipinski definition) is 3. The zero-order chi connectivity index (χ0) is 20.9. The lowest BCUT2D eigenvalue weighted by Gasteiger charge is -2.26. The van der Waals surface area contributed by atoms with Crippen LogP contribution in [0.5, 0.6) is 0 Å². The summed E-state index contributed by atoms with van der Waals surface area (Å²) in [6.07, 6.45) is 12.6. The molecule has 0 atom stereocenters. The molecule has 5 nitrogen and oxygen atoms in total. The number of amides is 1. The Kier molecular flexibility index (Phi) is 6.36. The SMILES string of the molecule is CN=c1c(C)cccn1/C(=C/c1ccc(NC(=O)C2CC2)cc1)NC1CCCCC1. The number of nitrogens with zero attached hydrogens (tertiary/aromatic N) is 2. The summed E-state index contributed by atoms with van der Waals surface area (Å²) in [6, 6.07) is 12.7. The Hall–Kier alpha value is -2.82. The van der Waals surface area contributed by atoms with Crippen LogP contribution in [0.1, 0.15) is 56.1 Å². The molecule has 2 aliphatic rings. The van der Waals surface area contributed by atoms with Gasteiger partial charge in [-0.25, -0.2) is 0 Å². The molecule has 1 heterocycles. The van der Waals surface area contributed by atoms with Gasteiger partial charge in [0.05, 0.1) is 0 Å². The molecule has 2 N–H and O–H groups in total. The first kappa shape index (κ1) is 20.5. The molecule has 2 aromatic rings. The van der Waals surface area contributed by atoms with E-state index in [0.717, 1.165) is 41.0 Å². The molecule has 4 rings (SSSR count). The fraction of sp³-hybridized carbons (Fsp3) is 0.440. The smallest absolute Gasteiger partial charge is 0.227 e. The first-order valence-corrected chi connectivity index (χ1v) is 11.1. The van der Waals surface area contributed by atoms with E-state index in [1.165, 1.54) is 32.1 Å². The van der Waals surface area contributed by atoms with Gasteiger partial charge in [0.25, 0.3) is 0 Å². The van der Waals surface area contributed by atoms with Gasteiger partial charge in [-0.05, 0) is 68.0 Å². The molecule has 0 bridgehead atoms. The van der Waals surface area contributed by atoms with Gasteiger partial charge in [-0.15, -0.1) is 0 Å². The molecule has 0 radical (unpaired) electrons. The van der Waals surface area contributed by atoms with E-state index in [1.807, 2.05) is 19.2 Å². The molecule has 0 spiro atoms. The molecule has 0 saturated heterocycles. The van der Waals surface area contributed by atoms with Gasteiger partial charge in [-0.2, -0.15) is 0 Å². The molecule has 2 fully saturated rings. The minimum Gasteiger partial charge on any atom is -0.368 e. The molecule has 5 heteroatoms. The maximum atomic E-state index is 12.0. The van der Waals surface area contributed by atoms with Gasteiger partial charge in [0.15, 0.2) is 0 Å². The topological polar surface area (TPSA) is 58.4 Å². The molecule has 30 heavy (non-hydrogen) atoms. The zero-order valence-corrected chi connectivity index (χ0v) is 18.0. The number of carbonyl (C=O) groups excluding carboxylic acids is 1. The van der Waals surface area contributed by atoms with E-state index >= 15 is 0 Å². The van der Waals surface area contributed by atoms with Gasteiger partial charge in [-0.3, -0.25) is 14.4 Å². The van der Waals surface area contributed by atoms with Crippen molar-refractivity contribution in [1.82, 2.24) is 9.88 Å². The lowest BCUT2D eigenvalue weighted by Crippen LogP contribution is -2.35. The predicted octanol–water partition coefficient (Wildman–Crippen LogP) is 4.55. The van der Waals surface area contributed by atoms with E-state index in [2.05, 4.69) is 63.7 Å². The Balaban J connectivity index is 1.62. The molecule has 2 aliphatic carbocycles. The van der Waals surface area contributed by atoms with Crippen molar-refractivity contribution in [2.24, 2.45) is 10.9 Å². The highest BCUT2D eigenvalue weighted by Gasteiger charge is 2.29. The monoisotopic (exact) mass is 404 g/mol. The maximum absolute atomic E-state index is 12.0. The molecule has 1 aromatic heterocycles. The van der Waals surface area contributed by atoms with E-state index in [1.54, 1.807) is 0 Å². The number of pyridine rings is 1. The third kappa shape index (κ3) is 5.02. The Labute approximate surface area is 178 Å². The van der Waals surface area contributed by atoms with Gasteiger partial charge >= 0.3 is 0 Å². The number of hydrogen-bond donors (Lipinski definition) is 2. The Bertz CT molecular complexity index is 977. The lowest BCUT2D eigenvalue weighted by molar-refractivity contribution is -0.117. The highest BCUT2D eigenvalue weighted by Crippen LogP contribution is 2.30. The van der Waals surface area contributed by atoms with Crippen LogP contribution in [0.2, 0.25) is 0 Å². The van der Waals surface area contributed by atoms with Crippen molar-refractivity contribution in [3.05, 3.63) is 59.2 Å². The second-order valence-corrected chi connectivity index (χ2v) is 8.50.